The number of ether oxygens (including phenoxy) is 1. The Labute approximate surface area is 132 Å². The first-order valence-corrected chi connectivity index (χ1v) is 6.97. The lowest BCUT2D eigenvalue weighted by molar-refractivity contribution is -0.124. The first kappa shape index (κ1) is 17.4. The van der Waals surface area contributed by atoms with E-state index in [4.69, 9.17) is 4.74 Å². The van der Waals surface area contributed by atoms with Crippen molar-refractivity contribution >= 4 is 34.2 Å². The minimum atomic E-state index is -0.313. The topological polar surface area (TPSA) is 50.4 Å². The largest absolute Gasteiger partial charge is 0.375 e. The van der Waals surface area contributed by atoms with Crippen molar-refractivity contribution in [3.05, 3.63) is 34.1 Å². The smallest absolute Gasteiger partial charge is 0.222 e. The average molecular weight is 368 g/mol. The number of rotatable bonds is 4. The maximum atomic E-state index is 13.1. The number of hydrogen-bond acceptors (Lipinski definition) is 3. The van der Waals surface area contributed by atoms with Gasteiger partial charge in [0.25, 0.3) is 0 Å². The quantitative estimate of drug-likeness (QED) is 0.856. The van der Waals surface area contributed by atoms with E-state index in [1.807, 2.05) is 0 Å². The van der Waals surface area contributed by atoms with Crippen molar-refractivity contribution in [2.45, 2.75) is 19.1 Å². The zero-order valence-corrected chi connectivity index (χ0v) is 13.2. The molecule has 20 heavy (non-hydrogen) atoms. The van der Waals surface area contributed by atoms with Crippen molar-refractivity contribution in [2.24, 2.45) is 0 Å². The molecule has 0 saturated carbocycles. The summed E-state index contributed by atoms with van der Waals surface area (Å²) in [6.07, 6.45) is 0.240. The first-order chi connectivity index (χ1) is 9.15. The van der Waals surface area contributed by atoms with E-state index in [-0.39, 0.29) is 30.2 Å². The van der Waals surface area contributed by atoms with E-state index in [1.54, 1.807) is 6.07 Å². The maximum absolute atomic E-state index is 13.1. The van der Waals surface area contributed by atoms with E-state index in [0.29, 0.717) is 26.1 Å². The fraction of sp³-hybridized carbons (Fsp3) is 0.462. The molecule has 0 radical (unpaired) electrons. The molecule has 1 saturated heterocycles. The molecule has 1 aliphatic heterocycles. The number of nitrogens with one attached hydrogen (secondary N) is 2. The SMILES string of the molecule is Cl.O=C(CC1CNCCO1)NCc1cc(F)ccc1Br. The standard InChI is InChI=1S/C13H16BrFN2O2.ClH/c14-12-2-1-10(15)5-9(12)7-17-13(18)6-11-8-16-3-4-19-11;/h1-2,5,11,16H,3-4,6-8H2,(H,17,18);1H. The molecule has 1 heterocycles. The van der Waals surface area contributed by atoms with Crippen molar-refractivity contribution < 1.29 is 13.9 Å². The molecule has 1 fully saturated rings. The highest BCUT2D eigenvalue weighted by Gasteiger charge is 2.17. The molecule has 1 amide bonds. The van der Waals surface area contributed by atoms with Gasteiger partial charge in [-0.3, -0.25) is 4.79 Å². The number of carbonyl (C=O) groups excluding carboxylic acids is 1. The van der Waals surface area contributed by atoms with Gasteiger partial charge in [0.05, 0.1) is 19.1 Å². The molecule has 0 aromatic heterocycles. The zero-order valence-electron chi connectivity index (χ0n) is 10.8. The van der Waals surface area contributed by atoms with E-state index < -0.39 is 0 Å². The molecule has 4 nitrogen and oxygen atoms in total. The average Bonchev–Trinajstić information content (AvgIpc) is 2.41. The van der Waals surface area contributed by atoms with Crippen LogP contribution in [0.25, 0.3) is 0 Å². The second-order valence-corrected chi connectivity index (χ2v) is 5.27. The third kappa shape index (κ3) is 5.36. The van der Waals surface area contributed by atoms with Gasteiger partial charge in [-0.2, -0.15) is 0 Å². The van der Waals surface area contributed by atoms with Crippen LogP contribution in [0.3, 0.4) is 0 Å². The van der Waals surface area contributed by atoms with Gasteiger partial charge >= 0.3 is 0 Å². The van der Waals surface area contributed by atoms with Gasteiger partial charge in [-0.1, -0.05) is 15.9 Å². The van der Waals surface area contributed by atoms with Crippen molar-refractivity contribution in [2.75, 3.05) is 19.7 Å². The maximum Gasteiger partial charge on any atom is 0.222 e. The Hall–Kier alpha value is -0.690. The molecule has 1 aromatic carbocycles. The van der Waals surface area contributed by atoms with Gasteiger partial charge in [0.1, 0.15) is 5.82 Å². The highest BCUT2D eigenvalue weighted by molar-refractivity contribution is 9.10. The molecule has 1 aromatic rings. The van der Waals surface area contributed by atoms with Crippen LogP contribution in [-0.4, -0.2) is 31.7 Å². The Morgan fingerprint density at radius 1 is 1.55 bits per heavy atom. The number of carbonyl (C=O) groups is 1. The lowest BCUT2D eigenvalue weighted by atomic mass is 10.2. The zero-order chi connectivity index (χ0) is 13.7. The predicted molar refractivity (Wildman–Crippen MR) is 80.4 cm³/mol. The fourth-order valence-corrected chi connectivity index (χ4v) is 2.29. The van der Waals surface area contributed by atoms with Gasteiger partial charge in [0.2, 0.25) is 5.91 Å². The summed E-state index contributed by atoms with van der Waals surface area (Å²) < 4.78 is 19.3. The highest BCUT2D eigenvalue weighted by atomic mass is 79.9. The first-order valence-electron chi connectivity index (χ1n) is 6.18. The summed E-state index contributed by atoms with van der Waals surface area (Å²) in [5, 5.41) is 5.94. The van der Waals surface area contributed by atoms with Crippen LogP contribution in [0.1, 0.15) is 12.0 Å². The van der Waals surface area contributed by atoms with Gasteiger partial charge in [-0.25, -0.2) is 4.39 Å². The lowest BCUT2D eigenvalue weighted by Gasteiger charge is -2.23. The summed E-state index contributed by atoms with van der Waals surface area (Å²) in [6.45, 7) is 2.45. The third-order valence-corrected chi connectivity index (χ3v) is 3.67. The number of hydrogen-bond donors (Lipinski definition) is 2. The minimum Gasteiger partial charge on any atom is -0.375 e. The molecule has 2 N–H and O–H groups in total. The molecule has 0 bridgehead atoms. The number of halogens is 3. The van der Waals surface area contributed by atoms with Crippen LogP contribution >= 0.6 is 28.3 Å². The molecule has 1 unspecified atom stereocenters. The normalized spacial score (nSPS) is 18.2. The van der Waals surface area contributed by atoms with Crippen LogP contribution in [-0.2, 0) is 16.1 Å². The minimum absolute atomic E-state index is 0. The predicted octanol–water partition coefficient (Wildman–Crippen LogP) is 2.00. The molecule has 0 spiro atoms. The van der Waals surface area contributed by atoms with Crippen LogP contribution in [0.2, 0.25) is 0 Å². The second kappa shape index (κ2) is 8.56. The summed E-state index contributed by atoms with van der Waals surface area (Å²) >= 11 is 3.33. The molecule has 7 heteroatoms. The highest BCUT2D eigenvalue weighted by Crippen LogP contribution is 2.17. The van der Waals surface area contributed by atoms with Gasteiger partial charge in [0.15, 0.2) is 0 Å². The van der Waals surface area contributed by atoms with E-state index >= 15 is 0 Å². The lowest BCUT2D eigenvalue weighted by Crippen LogP contribution is -2.41. The number of morpholine rings is 1. The molecule has 0 aliphatic carbocycles. The Bertz CT molecular complexity index is 456. The molecule has 1 aliphatic rings. The Morgan fingerprint density at radius 2 is 2.35 bits per heavy atom. The van der Waals surface area contributed by atoms with Gasteiger partial charge < -0.3 is 15.4 Å². The Morgan fingerprint density at radius 3 is 3.05 bits per heavy atom. The van der Waals surface area contributed by atoms with Crippen LogP contribution < -0.4 is 10.6 Å². The monoisotopic (exact) mass is 366 g/mol. The number of benzene rings is 1. The second-order valence-electron chi connectivity index (χ2n) is 4.41. The van der Waals surface area contributed by atoms with E-state index in [2.05, 4.69) is 26.6 Å². The van der Waals surface area contributed by atoms with Gasteiger partial charge in [-0.05, 0) is 23.8 Å². The molecular formula is C13H17BrClFN2O2. The van der Waals surface area contributed by atoms with Gasteiger partial charge in [0, 0.05) is 24.1 Å². The summed E-state index contributed by atoms with van der Waals surface area (Å²) in [5.41, 5.74) is 0.719. The van der Waals surface area contributed by atoms with Crippen molar-refractivity contribution in [1.29, 1.82) is 0 Å². The van der Waals surface area contributed by atoms with Crippen LogP contribution in [0.4, 0.5) is 4.39 Å². The van der Waals surface area contributed by atoms with Crippen molar-refractivity contribution in [3.8, 4) is 0 Å². The van der Waals surface area contributed by atoms with Crippen molar-refractivity contribution in [3.63, 3.8) is 0 Å². The molecule has 2 rings (SSSR count). The third-order valence-electron chi connectivity index (χ3n) is 2.90. The van der Waals surface area contributed by atoms with E-state index in [9.17, 15) is 9.18 Å². The summed E-state index contributed by atoms with van der Waals surface area (Å²) in [7, 11) is 0. The van der Waals surface area contributed by atoms with Crippen LogP contribution in [0, 0.1) is 5.82 Å². The summed E-state index contributed by atoms with van der Waals surface area (Å²) in [6, 6.07) is 4.41. The fourth-order valence-electron chi connectivity index (χ4n) is 1.90. The summed E-state index contributed by atoms with van der Waals surface area (Å²) in [5.74, 6) is -0.405. The van der Waals surface area contributed by atoms with E-state index in [0.717, 1.165) is 16.6 Å². The Balaban J connectivity index is 0.00000200. The molecular weight excluding hydrogens is 351 g/mol. The van der Waals surface area contributed by atoms with Crippen LogP contribution in [0.5, 0.6) is 0 Å². The van der Waals surface area contributed by atoms with E-state index in [1.165, 1.54) is 12.1 Å². The molecule has 112 valence electrons. The molecule has 1 atom stereocenters. The Kier molecular flexibility index (Phi) is 7.43. The van der Waals surface area contributed by atoms with Gasteiger partial charge in [-0.15, -0.1) is 12.4 Å². The van der Waals surface area contributed by atoms with Crippen molar-refractivity contribution in [1.82, 2.24) is 10.6 Å². The summed E-state index contributed by atoms with van der Waals surface area (Å²) in [4.78, 5) is 11.8. The number of amides is 1. The van der Waals surface area contributed by atoms with Crippen LogP contribution in [0.15, 0.2) is 22.7 Å².